The Morgan fingerprint density at radius 1 is 1.36 bits per heavy atom. The summed E-state index contributed by atoms with van der Waals surface area (Å²) in [6, 6.07) is 2.86. The summed E-state index contributed by atoms with van der Waals surface area (Å²) in [5, 5.41) is 9.48. The molecule has 0 fully saturated rings. The van der Waals surface area contributed by atoms with E-state index in [0.29, 0.717) is 12.0 Å². The smallest absolute Gasteiger partial charge is 0.162 e. The van der Waals surface area contributed by atoms with Gasteiger partial charge in [0.15, 0.2) is 11.5 Å². The number of ketones is 1. The molecule has 2 nitrogen and oxygen atoms in total. The van der Waals surface area contributed by atoms with Gasteiger partial charge in [-0.25, -0.2) is 0 Å². The molecule has 1 aromatic carbocycles. The number of hydrogen-bond acceptors (Lipinski definition) is 2. The predicted molar refractivity (Wildman–Crippen MR) is 57.4 cm³/mol. The van der Waals surface area contributed by atoms with Crippen LogP contribution in [0.4, 0.5) is 0 Å². The minimum absolute atomic E-state index is 0.0173. The molecule has 76 valence electrons. The summed E-state index contributed by atoms with van der Waals surface area (Å²) in [5.41, 5.74) is 0.444. The highest BCUT2D eigenvalue weighted by atomic mass is 35.5. The van der Waals surface area contributed by atoms with Crippen molar-refractivity contribution in [2.45, 2.75) is 19.8 Å². The first kappa shape index (κ1) is 11.3. The highest BCUT2D eigenvalue weighted by Crippen LogP contribution is 2.33. The number of carbonyl (C=O) groups excluding carboxylic acids is 1. The second kappa shape index (κ2) is 4.67. The van der Waals surface area contributed by atoms with Gasteiger partial charge in [-0.15, -0.1) is 0 Å². The zero-order chi connectivity index (χ0) is 10.7. The monoisotopic (exact) mass is 232 g/mol. The van der Waals surface area contributed by atoms with E-state index in [1.807, 2.05) is 6.92 Å². The van der Waals surface area contributed by atoms with Gasteiger partial charge in [0.2, 0.25) is 0 Å². The van der Waals surface area contributed by atoms with Gasteiger partial charge in [0.25, 0.3) is 0 Å². The Morgan fingerprint density at radius 2 is 1.86 bits per heavy atom. The summed E-state index contributed by atoms with van der Waals surface area (Å²) in [6.45, 7) is 1.92. The number of aromatic hydroxyl groups is 1. The number of phenolic OH excluding ortho intramolecular Hbond substituents is 1. The molecule has 0 bridgehead atoms. The largest absolute Gasteiger partial charge is 0.505 e. The van der Waals surface area contributed by atoms with Crippen LogP contribution < -0.4 is 0 Å². The molecule has 0 radical (unpaired) electrons. The summed E-state index contributed by atoms with van der Waals surface area (Å²) >= 11 is 11.4. The fraction of sp³-hybridized carbons (Fsp3) is 0.300. The average Bonchev–Trinajstić information content (AvgIpc) is 2.13. The highest BCUT2D eigenvalue weighted by Gasteiger charge is 2.11. The van der Waals surface area contributed by atoms with Crippen molar-refractivity contribution in [3.8, 4) is 5.75 Å². The quantitative estimate of drug-likeness (QED) is 0.808. The van der Waals surface area contributed by atoms with Crippen molar-refractivity contribution >= 4 is 29.0 Å². The first-order valence-electron chi connectivity index (χ1n) is 4.27. The van der Waals surface area contributed by atoms with E-state index in [9.17, 15) is 9.90 Å². The number of rotatable bonds is 3. The van der Waals surface area contributed by atoms with Crippen LogP contribution >= 0.6 is 23.2 Å². The molecular formula is C10H10Cl2O2. The van der Waals surface area contributed by atoms with Crippen molar-refractivity contribution in [3.05, 3.63) is 27.7 Å². The van der Waals surface area contributed by atoms with Crippen molar-refractivity contribution in [2.24, 2.45) is 0 Å². The first-order valence-corrected chi connectivity index (χ1v) is 5.03. The maximum atomic E-state index is 11.5. The first-order chi connectivity index (χ1) is 6.56. The fourth-order valence-electron chi connectivity index (χ4n) is 1.10. The van der Waals surface area contributed by atoms with Gasteiger partial charge in [-0.1, -0.05) is 30.1 Å². The van der Waals surface area contributed by atoms with Gasteiger partial charge in [-0.3, -0.25) is 4.79 Å². The van der Waals surface area contributed by atoms with Crippen molar-refractivity contribution in [2.75, 3.05) is 0 Å². The molecule has 0 heterocycles. The van der Waals surface area contributed by atoms with E-state index >= 15 is 0 Å². The van der Waals surface area contributed by atoms with Gasteiger partial charge in [0, 0.05) is 12.0 Å². The summed E-state index contributed by atoms with van der Waals surface area (Å²) in [6.07, 6.45) is 1.23. The van der Waals surface area contributed by atoms with E-state index in [4.69, 9.17) is 23.2 Å². The van der Waals surface area contributed by atoms with Crippen molar-refractivity contribution in [1.82, 2.24) is 0 Å². The predicted octanol–water partition coefficient (Wildman–Crippen LogP) is 3.68. The Labute approximate surface area is 92.5 Å². The van der Waals surface area contributed by atoms with Gasteiger partial charge in [-0.05, 0) is 18.6 Å². The van der Waals surface area contributed by atoms with Crippen LogP contribution in [0.15, 0.2) is 12.1 Å². The third kappa shape index (κ3) is 2.40. The van der Waals surface area contributed by atoms with Crippen LogP contribution in [0.25, 0.3) is 0 Å². The molecule has 1 rings (SSSR count). The van der Waals surface area contributed by atoms with Gasteiger partial charge < -0.3 is 5.11 Å². The third-order valence-corrected chi connectivity index (χ3v) is 2.39. The minimum atomic E-state index is -0.179. The Bertz CT molecular complexity index is 338. The molecule has 1 N–H and O–H groups in total. The summed E-state index contributed by atoms with van der Waals surface area (Å²) < 4.78 is 0. The second-order valence-electron chi connectivity index (χ2n) is 2.96. The molecule has 0 spiro atoms. The molecule has 0 aliphatic rings. The lowest BCUT2D eigenvalue weighted by atomic mass is 10.1. The lowest BCUT2D eigenvalue weighted by molar-refractivity contribution is 0.0982. The van der Waals surface area contributed by atoms with Crippen LogP contribution in [0.1, 0.15) is 30.1 Å². The van der Waals surface area contributed by atoms with Crippen molar-refractivity contribution < 1.29 is 9.90 Å². The average molecular weight is 233 g/mol. The number of hydrogen-bond donors (Lipinski definition) is 1. The normalized spacial score (nSPS) is 10.2. The lowest BCUT2D eigenvalue weighted by Crippen LogP contribution is -1.97. The molecule has 0 amide bonds. The highest BCUT2D eigenvalue weighted by molar-refractivity contribution is 6.37. The number of carbonyl (C=O) groups is 1. The van der Waals surface area contributed by atoms with E-state index < -0.39 is 0 Å². The van der Waals surface area contributed by atoms with Crippen molar-refractivity contribution in [1.29, 1.82) is 0 Å². The molecule has 0 unspecified atom stereocenters. The number of halogens is 2. The summed E-state index contributed by atoms with van der Waals surface area (Å²) in [5.74, 6) is -0.197. The molecule has 14 heavy (non-hydrogen) atoms. The topological polar surface area (TPSA) is 37.3 Å². The number of phenols is 1. The van der Waals surface area contributed by atoms with Crippen LogP contribution in [-0.2, 0) is 0 Å². The van der Waals surface area contributed by atoms with E-state index in [0.717, 1.165) is 6.42 Å². The molecule has 0 saturated carbocycles. The van der Waals surface area contributed by atoms with Crippen LogP contribution in [-0.4, -0.2) is 10.9 Å². The van der Waals surface area contributed by atoms with E-state index in [1.54, 1.807) is 0 Å². The molecule has 0 aromatic heterocycles. The summed E-state index contributed by atoms with van der Waals surface area (Å²) in [7, 11) is 0. The molecule has 0 aliphatic heterocycles. The van der Waals surface area contributed by atoms with Crippen molar-refractivity contribution in [3.63, 3.8) is 0 Å². The van der Waals surface area contributed by atoms with Crippen LogP contribution in [0.3, 0.4) is 0 Å². The maximum Gasteiger partial charge on any atom is 0.162 e. The SMILES string of the molecule is CCCC(=O)c1cc(Cl)c(O)c(Cl)c1. The van der Waals surface area contributed by atoms with E-state index in [1.165, 1.54) is 12.1 Å². The fourth-order valence-corrected chi connectivity index (χ4v) is 1.58. The van der Waals surface area contributed by atoms with Gasteiger partial charge in [0.05, 0.1) is 10.0 Å². The number of Topliss-reactive ketones (excluding diaryl/α,β-unsaturated/α-hetero) is 1. The summed E-state index contributed by atoms with van der Waals surface area (Å²) in [4.78, 5) is 11.5. The van der Waals surface area contributed by atoms with E-state index in [-0.39, 0.29) is 21.6 Å². The molecule has 0 atom stereocenters. The standard InChI is InChI=1S/C10H10Cl2O2/c1-2-3-9(13)6-4-7(11)10(14)8(12)5-6/h4-5,14H,2-3H2,1H3. The van der Waals surface area contributed by atoms with E-state index in [2.05, 4.69) is 0 Å². The Hall–Kier alpha value is -0.730. The molecule has 0 aliphatic carbocycles. The Morgan fingerprint density at radius 3 is 2.29 bits per heavy atom. The lowest BCUT2D eigenvalue weighted by Gasteiger charge is -2.03. The molecular weight excluding hydrogens is 223 g/mol. The molecule has 4 heteroatoms. The second-order valence-corrected chi connectivity index (χ2v) is 3.78. The van der Waals surface area contributed by atoms with Gasteiger partial charge >= 0.3 is 0 Å². The molecule has 0 saturated heterocycles. The zero-order valence-electron chi connectivity index (χ0n) is 7.68. The zero-order valence-corrected chi connectivity index (χ0v) is 9.19. The van der Waals surface area contributed by atoms with Gasteiger partial charge in [-0.2, -0.15) is 0 Å². The van der Waals surface area contributed by atoms with Gasteiger partial charge in [0.1, 0.15) is 0 Å². The Kier molecular flexibility index (Phi) is 3.78. The maximum absolute atomic E-state index is 11.5. The minimum Gasteiger partial charge on any atom is -0.505 e. The van der Waals surface area contributed by atoms with Crippen LogP contribution in [0, 0.1) is 0 Å². The number of benzene rings is 1. The molecule has 1 aromatic rings. The van der Waals surface area contributed by atoms with Crippen LogP contribution in [0.5, 0.6) is 5.75 Å². The van der Waals surface area contributed by atoms with Crippen LogP contribution in [0.2, 0.25) is 10.0 Å². The third-order valence-electron chi connectivity index (χ3n) is 1.82. The Balaban J connectivity index is 3.06.